The molecule has 6 heteroatoms. The van der Waals surface area contributed by atoms with Crippen LogP contribution in [0.4, 0.5) is 0 Å². The summed E-state index contributed by atoms with van der Waals surface area (Å²) in [6.07, 6.45) is 2.63. The van der Waals surface area contributed by atoms with Crippen molar-refractivity contribution in [3.05, 3.63) is 57.8 Å². The summed E-state index contributed by atoms with van der Waals surface area (Å²) in [5, 5.41) is 4.83. The molecule has 0 radical (unpaired) electrons. The molecule has 1 unspecified atom stereocenters. The van der Waals surface area contributed by atoms with Gasteiger partial charge >= 0.3 is 0 Å². The predicted molar refractivity (Wildman–Crippen MR) is 124 cm³/mol. The van der Waals surface area contributed by atoms with E-state index in [1.807, 2.05) is 34.5 Å². The summed E-state index contributed by atoms with van der Waals surface area (Å²) >= 11 is 1.54. The normalized spacial score (nSPS) is 15.7. The lowest BCUT2D eigenvalue weighted by molar-refractivity contribution is -0.133. The van der Waals surface area contributed by atoms with Crippen molar-refractivity contribution in [3.8, 4) is 0 Å². The SMILES string of the molecule is CC(=O)NC(CC(=O)N1CCC(C(=O)c2ccc(CC(C)C)cc2)CC1)c1cccs1. The van der Waals surface area contributed by atoms with E-state index in [9.17, 15) is 14.4 Å². The van der Waals surface area contributed by atoms with Crippen molar-refractivity contribution in [3.63, 3.8) is 0 Å². The molecule has 1 aromatic heterocycles. The molecule has 1 N–H and O–H groups in total. The summed E-state index contributed by atoms with van der Waals surface area (Å²) in [7, 11) is 0. The first kappa shape index (κ1) is 23.2. The highest BCUT2D eigenvalue weighted by Gasteiger charge is 2.29. The molecular weight excluding hydrogens is 408 g/mol. The maximum Gasteiger partial charge on any atom is 0.225 e. The van der Waals surface area contributed by atoms with Crippen LogP contribution >= 0.6 is 11.3 Å². The number of carbonyl (C=O) groups is 3. The van der Waals surface area contributed by atoms with E-state index in [0.29, 0.717) is 31.8 Å². The summed E-state index contributed by atoms with van der Waals surface area (Å²) < 4.78 is 0. The van der Waals surface area contributed by atoms with E-state index < -0.39 is 0 Å². The van der Waals surface area contributed by atoms with Gasteiger partial charge in [-0.15, -0.1) is 11.3 Å². The largest absolute Gasteiger partial charge is 0.348 e. The molecule has 0 aliphatic carbocycles. The molecule has 1 fully saturated rings. The van der Waals surface area contributed by atoms with Crippen LogP contribution in [0.3, 0.4) is 0 Å². The highest BCUT2D eigenvalue weighted by molar-refractivity contribution is 7.10. The van der Waals surface area contributed by atoms with Gasteiger partial charge in [-0.05, 0) is 42.2 Å². The Morgan fingerprint density at radius 1 is 1.10 bits per heavy atom. The molecule has 0 bridgehead atoms. The van der Waals surface area contributed by atoms with Crippen molar-refractivity contribution < 1.29 is 14.4 Å². The average Bonchev–Trinajstić information content (AvgIpc) is 3.27. The van der Waals surface area contributed by atoms with Crippen LogP contribution < -0.4 is 5.32 Å². The topological polar surface area (TPSA) is 66.5 Å². The first-order valence-electron chi connectivity index (χ1n) is 11.0. The lowest BCUT2D eigenvalue weighted by Crippen LogP contribution is -2.42. The summed E-state index contributed by atoms with van der Waals surface area (Å²) in [5.74, 6) is 0.612. The fourth-order valence-corrected chi connectivity index (χ4v) is 4.94. The number of hydrogen-bond donors (Lipinski definition) is 1. The van der Waals surface area contributed by atoms with Crippen LogP contribution in [0.2, 0.25) is 0 Å². The number of carbonyl (C=O) groups excluding carboxylic acids is 3. The van der Waals surface area contributed by atoms with Gasteiger partial charge < -0.3 is 10.2 Å². The molecule has 0 saturated carbocycles. The number of rotatable bonds is 8. The van der Waals surface area contributed by atoms with Crippen molar-refractivity contribution in [1.82, 2.24) is 10.2 Å². The Balaban J connectivity index is 1.54. The van der Waals surface area contributed by atoms with Crippen molar-refractivity contribution >= 4 is 28.9 Å². The van der Waals surface area contributed by atoms with Gasteiger partial charge in [-0.3, -0.25) is 14.4 Å². The smallest absolute Gasteiger partial charge is 0.225 e. The Morgan fingerprint density at radius 3 is 2.32 bits per heavy atom. The summed E-state index contributed by atoms with van der Waals surface area (Å²) in [5.41, 5.74) is 2.02. The quantitative estimate of drug-likeness (QED) is 0.609. The van der Waals surface area contributed by atoms with E-state index in [1.54, 1.807) is 0 Å². The molecule has 3 rings (SSSR count). The Morgan fingerprint density at radius 2 is 1.77 bits per heavy atom. The standard InChI is InChI=1S/C25H32N2O3S/c1-17(2)15-19-6-8-20(9-7-19)25(30)21-10-12-27(13-11-21)24(29)16-22(26-18(3)28)23-5-4-14-31-23/h4-9,14,17,21-22H,10-13,15-16H2,1-3H3,(H,26,28). The number of benzene rings is 1. The van der Waals surface area contributed by atoms with Gasteiger partial charge in [0.05, 0.1) is 12.5 Å². The minimum atomic E-state index is -0.297. The van der Waals surface area contributed by atoms with E-state index in [0.717, 1.165) is 16.9 Å². The second-order valence-electron chi connectivity index (χ2n) is 8.79. The minimum Gasteiger partial charge on any atom is -0.348 e. The Bertz CT molecular complexity index is 882. The molecule has 1 aliphatic heterocycles. The van der Waals surface area contributed by atoms with E-state index in [-0.39, 0.29) is 36.0 Å². The summed E-state index contributed by atoms with van der Waals surface area (Å²) in [6, 6.07) is 11.6. The number of hydrogen-bond acceptors (Lipinski definition) is 4. The Labute approximate surface area is 188 Å². The highest BCUT2D eigenvalue weighted by Crippen LogP contribution is 2.26. The molecule has 1 aromatic carbocycles. The van der Waals surface area contributed by atoms with Gasteiger partial charge in [-0.2, -0.15) is 0 Å². The molecule has 1 aliphatic rings. The second-order valence-corrected chi connectivity index (χ2v) is 9.77. The first-order valence-corrected chi connectivity index (χ1v) is 11.9. The van der Waals surface area contributed by atoms with Crippen molar-refractivity contribution in [2.45, 2.75) is 52.5 Å². The number of nitrogens with one attached hydrogen (secondary N) is 1. The molecular formula is C25H32N2O3S. The van der Waals surface area contributed by atoms with Crippen molar-refractivity contribution in [1.29, 1.82) is 0 Å². The lowest BCUT2D eigenvalue weighted by Gasteiger charge is -2.32. The van der Waals surface area contributed by atoms with E-state index in [4.69, 9.17) is 0 Å². The molecule has 0 spiro atoms. The maximum atomic E-state index is 12.9. The van der Waals surface area contributed by atoms with Crippen LogP contribution in [-0.4, -0.2) is 35.6 Å². The number of ketones is 1. The van der Waals surface area contributed by atoms with Crippen molar-refractivity contribution in [2.24, 2.45) is 11.8 Å². The van der Waals surface area contributed by atoms with Crippen LogP contribution in [0, 0.1) is 11.8 Å². The maximum absolute atomic E-state index is 12.9. The van der Waals surface area contributed by atoms with Gasteiger partial charge in [0.1, 0.15) is 0 Å². The zero-order valence-electron chi connectivity index (χ0n) is 18.6. The van der Waals surface area contributed by atoms with Crippen LogP contribution in [0.15, 0.2) is 41.8 Å². The lowest BCUT2D eigenvalue weighted by atomic mass is 9.88. The molecule has 2 amide bonds. The van der Waals surface area contributed by atoms with E-state index in [1.165, 1.54) is 23.8 Å². The predicted octanol–water partition coefficient (Wildman–Crippen LogP) is 4.64. The number of Topliss-reactive ketones (excluding diaryl/α,β-unsaturated/α-hetero) is 1. The van der Waals surface area contributed by atoms with Crippen molar-refractivity contribution in [2.75, 3.05) is 13.1 Å². The Kier molecular flexibility index (Phi) is 8.02. The van der Waals surface area contributed by atoms with Crippen LogP contribution in [0.1, 0.15) is 66.9 Å². The molecule has 166 valence electrons. The Hall–Kier alpha value is -2.47. The second kappa shape index (κ2) is 10.7. The molecule has 2 aromatic rings. The van der Waals surface area contributed by atoms with Gasteiger partial charge in [-0.25, -0.2) is 0 Å². The van der Waals surface area contributed by atoms with Crippen LogP contribution in [-0.2, 0) is 16.0 Å². The number of thiophene rings is 1. The van der Waals surface area contributed by atoms with E-state index in [2.05, 4.69) is 31.3 Å². The van der Waals surface area contributed by atoms with Gasteiger partial charge in [0, 0.05) is 36.4 Å². The number of likely N-dealkylation sites (tertiary alicyclic amines) is 1. The zero-order valence-corrected chi connectivity index (χ0v) is 19.4. The van der Waals surface area contributed by atoms with E-state index >= 15 is 0 Å². The van der Waals surface area contributed by atoms with Gasteiger partial charge in [0.25, 0.3) is 0 Å². The first-order chi connectivity index (χ1) is 14.8. The summed E-state index contributed by atoms with van der Waals surface area (Å²) in [4.78, 5) is 40.1. The fourth-order valence-electron chi connectivity index (χ4n) is 4.16. The van der Waals surface area contributed by atoms with Gasteiger partial charge in [-0.1, -0.05) is 44.2 Å². The number of piperidine rings is 1. The average molecular weight is 441 g/mol. The van der Waals surface area contributed by atoms with Gasteiger partial charge in [0.2, 0.25) is 11.8 Å². The third-order valence-electron chi connectivity index (χ3n) is 5.74. The number of nitrogens with zero attached hydrogens (tertiary/aromatic N) is 1. The number of amides is 2. The molecule has 1 saturated heterocycles. The fraction of sp³-hybridized carbons (Fsp3) is 0.480. The summed E-state index contributed by atoms with van der Waals surface area (Å²) in [6.45, 7) is 7.01. The molecule has 1 atom stereocenters. The molecule has 5 nitrogen and oxygen atoms in total. The molecule has 31 heavy (non-hydrogen) atoms. The minimum absolute atomic E-state index is 0.0242. The zero-order chi connectivity index (χ0) is 22.4. The third-order valence-corrected chi connectivity index (χ3v) is 6.73. The van der Waals surface area contributed by atoms with Crippen LogP contribution in [0.25, 0.3) is 0 Å². The highest BCUT2D eigenvalue weighted by atomic mass is 32.1. The monoisotopic (exact) mass is 440 g/mol. The third kappa shape index (κ3) is 6.50. The van der Waals surface area contributed by atoms with Gasteiger partial charge in [0.15, 0.2) is 5.78 Å². The molecule has 2 heterocycles. The van der Waals surface area contributed by atoms with Crippen LogP contribution in [0.5, 0.6) is 0 Å².